The van der Waals surface area contributed by atoms with Crippen LogP contribution in [0.25, 0.3) is 0 Å². The minimum absolute atomic E-state index is 0.00912. The van der Waals surface area contributed by atoms with Gasteiger partial charge >= 0.3 is 12.0 Å². The Morgan fingerprint density at radius 1 is 1.20 bits per heavy atom. The number of hydrogen-bond donors (Lipinski definition) is 3. The fourth-order valence-electron chi connectivity index (χ4n) is 2.07. The van der Waals surface area contributed by atoms with Gasteiger partial charge in [-0.2, -0.15) is 0 Å². The first-order chi connectivity index (χ1) is 9.15. The second kappa shape index (κ2) is 5.76. The van der Waals surface area contributed by atoms with Gasteiger partial charge in [-0.05, 0) is 13.3 Å². The molecule has 0 aromatic heterocycles. The predicted octanol–water partition coefficient (Wildman–Crippen LogP) is -1.82. The molecule has 1 aliphatic heterocycles. The van der Waals surface area contributed by atoms with Crippen LogP contribution in [0.3, 0.4) is 0 Å². The van der Waals surface area contributed by atoms with Gasteiger partial charge in [0.05, 0.1) is 5.41 Å². The Morgan fingerprint density at radius 2 is 1.70 bits per heavy atom. The van der Waals surface area contributed by atoms with Crippen molar-refractivity contribution in [1.82, 2.24) is 9.80 Å². The number of nitrogens with zero attached hydrogens (tertiary/aromatic N) is 2. The lowest BCUT2D eigenvalue weighted by Gasteiger charge is -2.27. The summed E-state index contributed by atoms with van der Waals surface area (Å²) in [6.45, 7) is 0.893. The van der Waals surface area contributed by atoms with Gasteiger partial charge in [0.15, 0.2) is 0 Å². The van der Waals surface area contributed by atoms with Gasteiger partial charge in [0, 0.05) is 13.1 Å². The number of hydrogen-bond acceptors (Lipinski definition) is 4. The van der Waals surface area contributed by atoms with Gasteiger partial charge in [-0.25, -0.2) is 4.79 Å². The first-order valence-corrected chi connectivity index (χ1v) is 5.99. The minimum Gasteiger partial charge on any atom is -0.481 e. The SMILES string of the molecule is CC1(C(=O)O)CCN(C(=O)N(CC(N)=O)CC(N)=O)C1. The van der Waals surface area contributed by atoms with Gasteiger partial charge in [-0.1, -0.05) is 0 Å². The summed E-state index contributed by atoms with van der Waals surface area (Å²) < 4.78 is 0. The summed E-state index contributed by atoms with van der Waals surface area (Å²) in [5.74, 6) is -2.55. The molecular formula is C11H18N4O5. The smallest absolute Gasteiger partial charge is 0.320 e. The standard InChI is InChI=1S/C11H18N4O5/c1-11(9(18)19)2-3-14(6-11)10(20)15(4-7(12)16)5-8(13)17/h2-6H2,1H3,(H2,12,16)(H2,13,17)(H,18,19). The molecule has 0 aliphatic carbocycles. The third kappa shape index (κ3) is 3.59. The van der Waals surface area contributed by atoms with E-state index >= 15 is 0 Å². The number of likely N-dealkylation sites (tertiary alicyclic amines) is 1. The van der Waals surface area contributed by atoms with Gasteiger partial charge in [0.25, 0.3) is 0 Å². The van der Waals surface area contributed by atoms with E-state index in [9.17, 15) is 19.2 Å². The molecule has 20 heavy (non-hydrogen) atoms. The Hall–Kier alpha value is -2.32. The van der Waals surface area contributed by atoms with Crippen molar-refractivity contribution in [3.63, 3.8) is 0 Å². The zero-order valence-electron chi connectivity index (χ0n) is 11.2. The van der Waals surface area contributed by atoms with E-state index in [4.69, 9.17) is 16.6 Å². The van der Waals surface area contributed by atoms with Crippen LogP contribution in [-0.2, 0) is 14.4 Å². The van der Waals surface area contributed by atoms with Crippen LogP contribution in [-0.4, -0.2) is 64.9 Å². The summed E-state index contributed by atoms with van der Waals surface area (Å²) in [6, 6.07) is -0.618. The molecule has 1 atom stereocenters. The van der Waals surface area contributed by atoms with Crippen LogP contribution in [0.15, 0.2) is 0 Å². The van der Waals surface area contributed by atoms with Gasteiger partial charge in [0.1, 0.15) is 13.1 Å². The fourth-order valence-corrected chi connectivity index (χ4v) is 2.07. The van der Waals surface area contributed by atoms with E-state index in [-0.39, 0.29) is 13.1 Å². The highest BCUT2D eigenvalue weighted by molar-refractivity contribution is 5.88. The zero-order valence-corrected chi connectivity index (χ0v) is 11.2. The molecule has 1 fully saturated rings. The number of nitrogens with two attached hydrogens (primary N) is 2. The van der Waals surface area contributed by atoms with Crippen molar-refractivity contribution in [2.75, 3.05) is 26.2 Å². The molecule has 1 rings (SSSR count). The number of aliphatic carboxylic acids is 1. The highest BCUT2D eigenvalue weighted by atomic mass is 16.4. The van der Waals surface area contributed by atoms with Crippen LogP contribution in [0.5, 0.6) is 0 Å². The third-order valence-corrected chi connectivity index (χ3v) is 3.22. The number of primary amides is 2. The van der Waals surface area contributed by atoms with Crippen molar-refractivity contribution in [2.24, 2.45) is 16.9 Å². The van der Waals surface area contributed by atoms with Crippen molar-refractivity contribution < 1.29 is 24.3 Å². The van der Waals surface area contributed by atoms with Gasteiger partial charge in [-0.15, -0.1) is 0 Å². The number of rotatable bonds is 5. The zero-order chi connectivity index (χ0) is 15.5. The summed E-state index contributed by atoms with van der Waals surface area (Å²) in [4.78, 5) is 47.3. The maximum absolute atomic E-state index is 12.2. The van der Waals surface area contributed by atoms with E-state index in [0.717, 1.165) is 4.90 Å². The van der Waals surface area contributed by atoms with E-state index in [1.165, 1.54) is 11.8 Å². The molecule has 0 bridgehead atoms. The molecule has 1 unspecified atom stereocenters. The molecule has 0 aromatic rings. The molecule has 112 valence electrons. The van der Waals surface area contributed by atoms with E-state index < -0.39 is 42.3 Å². The molecule has 9 heteroatoms. The number of carbonyl (C=O) groups excluding carboxylic acids is 3. The first-order valence-electron chi connectivity index (χ1n) is 5.99. The van der Waals surface area contributed by atoms with Crippen molar-refractivity contribution in [1.29, 1.82) is 0 Å². The van der Waals surface area contributed by atoms with E-state index in [2.05, 4.69) is 0 Å². The van der Waals surface area contributed by atoms with E-state index in [1.54, 1.807) is 0 Å². The van der Waals surface area contributed by atoms with Crippen LogP contribution in [0.2, 0.25) is 0 Å². The van der Waals surface area contributed by atoms with Crippen LogP contribution < -0.4 is 11.5 Å². The van der Waals surface area contributed by atoms with Crippen molar-refractivity contribution in [3.05, 3.63) is 0 Å². The summed E-state index contributed by atoms with van der Waals surface area (Å²) in [6.07, 6.45) is 0.301. The van der Waals surface area contributed by atoms with Crippen molar-refractivity contribution in [2.45, 2.75) is 13.3 Å². The number of amides is 4. The molecule has 4 amide bonds. The second-order valence-corrected chi connectivity index (χ2v) is 5.11. The first kappa shape index (κ1) is 15.7. The van der Waals surface area contributed by atoms with Crippen molar-refractivity contribution in [3.8, 4) is 0 Å². The molecule has 1 heterocycles. The Bertz CT molecular complexity index is 436. The quantitative estimate of drug-likeness (QED) is 0.544. The molecule has 1 aliphatic rings. The average molecular weight is 286 g/mol. The third-order valence-electron chi connectivity index (χ3n) is 3.22. The lowest BCUT2D eigenvalue weighted by Crippen LogP contribution is -2.49. The van der Waals surface area contributed by atoms with E-state index in [1.807, 2.05) is 0 Å². The van der Waals surface area contributed by atoms with Gasteiger partial charge in [-0.3, -0.25) is 14.4 Å². The minimum atomic E-state index is -1.03. The lowest BCUT2D eigenvalue weighted by atomic mass is 9.90. The summed E-state index contributed by atoms with van der Waals surface area (Å²) >= 11 is 0. The molecule has 0 aromatic carbocycles. The Balaban J connectivity index is 2.78. The maximum atomic E-state index is 12.2. The molecular weight excluding hydrogens is 268 g/mol. The van der Waals surface area contributed by atoms with Crippen LogP contribution in [0.1, 0.15) is 13.3 Å². The lowest BCUT2D eigenvalue weighted by molar-refractivity contribution is -0.147. The molecule has 9 nitrogen and oxygen atoms in total. The van der Waals surface area contributed by atoms with Gasteiger partial charge in [0.2, 0.25) is 11.8 Å². The fraction of sp³-hybridized carbons (Fsp3) is 0.636. The molecule has 0 spiro atoms. The molecule has 5 N–H and O–H groups in total. The monoisotopic (exact) mass is 286 g/mol. The predicted molar refractivity (Wildman–Crippen MR) is 67.3 cm³/mol. The van der Waals surface area contributed by atoms with E-state index in [0.29, 0.717) is 6.42 Å². The largest absolute Gasteiger partial charge is 0.481 e. The number of carboxylic acids is 1. The highest BCUT2D eigenvalue weighted by Crippen LogP contribution is 2.30. The molecule has 1 saturated heterocycles. The normalized spacial score (nSPS) is 21.6. The maximum Gasteiger partial charge on any atom is 0.320 e. The number of carboxylic acid groups (broad SMARTS) is 1. The molecule has 0 saturated carbocycles. The number of carbonyl (C=O) groups is 4. The Labute approximate surface area is 115 Å². The Morgan fingerprint density at radius 3 is 2.05 bits per heavy atom. The molecule has 0 radical (unpaired) electrons. The second-order valence-electron chi connectivity index (χ2n) is 5.11. The average Bonchev–Trinajstić information content (AvgIpc) is 2.70. The topological polar surface area (TPSA) is 147 Å². The number of urea groups is 1. The summed E-state index contributed by atoms with van der Waals surface area (Å²) in [7, 11) is 0. The van der Waals surface area contributed by atoms with Crippen LogP contribution >= 0.6 is 0 Å². The van der Waals surface area contributed by atoms with Crippen molar-refractivity contribution >= 4 is 23.8 Å². The van der Waals surface area contributed by atoms with Gasteiger partial charge < -0.3 is 26.4 Å². The van der Waals surface area contributed by atoms with Crippen LogP contribution in [0, 0.1) is 5.41 Å². The summed E-state index contributed by atoms with van der Waals surface area (Å²) in [5.41, 5.74) is 8.99. The highest BCUT2D eigenvalue weighted by Gasteiger charge is 2.43. The van der Waals surface area contributed by atoms with Crippen LogP contribution in [0.4, 0.5) is 4.79 Å². The Kier molecular flexibility index (Phi) is 4.53. The summed E-state index contributed by atoms with van der Waals surface area (Å²) in [5, 5.41) is 9.10.